The summed E-state index contributed by atoms with van der Waals surface area (Å²) in [7, 11) is 2.76. The summed E-state index contributed by atoms with van der Waals surface area (Å²) in [6.45, 7) is 11.8. The Balaban J connectivity index is 1.42. The maximum Gasteiger partial charge on any atom is 0.419 e. The van der Waals surface area contributed by atoms with Gasteiger partial charge in [-0.25, -0.2) is 24.1 Å². The Kier molecular flexibility index (Phi) is 14.0. The van der Waals surface area contributed by atoms with Crippen molar-refractivity contribution in [2.24, 2.45) is 10.1 Å². The maximum absolute atomic E-state index is 14.0. The van der Waals surface area contributed by atoms with Gasteiger partial charge in [-0.15, -0.1) is 16.8 Å². The molecule has 0 aliphatic carbocycles. The van der Waals surface area contributed by atoms with E-state index in [0.717, 1.165) is 4.57 Å². The molecule has 0 spiro atoms. The van der Waals surface area contributed by atoms with Gasteiger partial charge in [-0.05, 0) is 77.3 Å². The van der Waals surface area contributed by atoms with E-state index < -0.39 is 64.8 Å². The number of ether oxygens (including phenoxy) is 4. The summed E-state index contributed by atoms with van der Waals surface area (Å²) in [5.74, 6) is -2.78. The Labute approximate surface area is 356 Å². The summed E-state index contributed by atoms with van der Waals surface area (Å²) in [6, 6.07) is 11.1. The summed E-state index contributed by atoms with van der Waals surface area (Å²) in [5.41, 5.74) is 0.840. The molecule has 2 aromatic heterocycles. The van der Waals surface area contributed by atoms with Crippen molar-refractivity contribution in [3.8, 4) is 16.9 Å². The van der Waals surface area contributed by atoms with E-state index >= 15 is 0 Å². The number of benzene rings is 1. The van der Waals surface area contributed by atoms with E-state index in [9.17, 15) is 28.8 Å². The molecule has 19 heteroatoms. The van der Waals surface area contributed by atoms with Crippen molar-refractivity contribution < 1.29 is 57.1 Å². The van der Waals surface area contributed by atoms with Crippen LogP contribution in [0.1, 0.15) is 69.6 Å². The third-order valence-electron chi connectivity index (χ3n) is 9.04. The Hall–Kier alpha value is -6.59. The number of rotatable bonds is 13. The fraction of sp³-hybridized carbons (Fsp3) is 0.405. The highest BCUT2D eigenvalue weighted by atomic mass is 32.2. The molecule has 2 unspecified atom stereocenters. The monoisotopic (exact) mass is 858 g/mol. The Bertz CT molecular complexity index is 2330. The Morgan fingerprint density at radius 3 is 2.23 bits per heavy atom. The number of esters is 2. The smallest absolute Gasteiger partial charge is 0.419 e. The summed E-state index contributed by atoms with van der Waals surface area (Å²) in [6.07, 6.45) is 3.65. The van der Waals surface area contributed by atoms with E-state index in [0.29, 0.717) is 33.6 Å². The minimum atomic E-state index is -1.06. The molecular formula is C42H48N7O11S+. The molecule has 5 rings (SSSR count). The molecule has 322 valence electrons. The lowest BCUT2D eigenvalue weighted by atomic mass is 10.0. The van der Waals surface area contributed by atoms with Crippen molar-refractivity contribution in [1.82, 2.24) is 14.8 Å². The number of nitrogens with one attached hydrogen (secondary N) is 2. The molecule has 1 fully saturated rings. The number of amides is 3. The number of fused-ring (bicyclic) bond motifs is 1. The molecule has 2 N–H and O–H groups in total. The van der Waals surface area contributed by atoms with Gasteiger partial charge in [-0.1, -0.05) is 17.3 Å². The predicted octanol–water partition coefficient (Wildman–Crippen LogP) is 4.57. The van der Waals surface area contributed by atoms with Crippen LogP contribution < -0.4 is 14.6 Å². The van der Waals surface area contributed by atoms with E-state index in [1.54, 1.807) is 108 Å². The van der Waals surface area contributed by atoms with Gasteiger partial charge in [-0.2, -0.15) is 0 Å². The van der Waals surface area contributed by atoms with E-state index in [4.69, 9.17) is 29.2 Å². The van der Waals surface area contributed by atoms with Crippen LogP contribution in [0.5, 0.6) is 5.75 Å². The molecule has 0 saturated carbocycles. The molecule has 3 aromatic rings. The van der Waals surface area contributed by atoms with E-state index in [-0.39, 0.29) is 36.0 Å². The third-order valence-corrected chi connectivity index (χ3v) is 10.4. The molecule has 18 nitrogen and oxygen atoms in total. The number of aromatic nitrogens is 2. The molecule has 3 amide bonds. The quantitative estimate of drug-likeness (QED) is 0.0603. The SMILES string of the molecule is CO/N=C(/CC(=O)OC(C)(C)C)C(=O)NC1C(=O)N2C(C(=O)OCc3ccc(OC)cc3)=C(C[n+]3ccc(-c4cn(C(=O)OC(C)(C)C)c(C(=O)N=C=N)c4C)cc3)CSC12. The number of β-lactam (4-membered cyclic amide) rings is 1. The highest BCUT2D eigenvalue weighted by Gasteiger charge is 2.55. The molecule has 1 aromatic carbocycles. The average Bonchev–Trinajstić information content (AvgIpc) is 3.54. The van der Waals surface area contributed by atoms with Gasteiger partial charge < -0.3 is 29.1 Å². The number of oxime groups is 1. The van der Waals surface area contributed by atoms with Crippen LogP contribution in [-0.4, -0.2) is 99.5 Å². The van der Waals surface area contributed by atoms with Crippen LogP contribution >= 0.6 is 11.8 Å². The van der Waals surface area contributed by atoms with Gasteiger partial charge in [-0.3, -0.25) is 24.1 Å². The lowest BCUT2D eigenvalue weighted by Gasteiger charge is -2.49. The van der Waals surface area contributed by atoms with E-state index in [2.05, 4.69) is 15.5 Å². The van der Waals surface area contributed by atoms with Gasteiger partial charge in [0.15, 0.2) is 24.7 Å². The summed E-state index contributed by atoms with van der Waals surface area (Å²) >= 11 is 1.33. The van der Waals surface area contributed by atoms with E-state index in [1.807, 2.05) is 0 Å². The summed E-state index contributed by atoms with van der Waals surface area (Å²) in [5, 5.41) is 12.8. The topological polar surface area (TPSA) is 221 Å². The van der Waals surface area contributed by atoms with Crippen LogP contribution in [0, 0.1) is 12.3 Å². The van der Waals surface area contributed by atoms with Crippen molar-refractivity contribution in [3.63, 3.8) is 0 Å². The number of nitrogens with zero attached hydrogens (tertiary/aromatic N) is 5. The maximum atomic E-state index is 14.0. The first kappa shape index (κ1) is 45.5. The first-order chi connectivity index (χ1) is 28.7. The van der Waals surface area contributed by atoms with Crippen molar-refractivity contribution >= 4 is 59.2 Å². The molecule has 1 saturated heterocycles. The van der Waals surface area contributed by atoms with Crippen molar-refractivity contribution in [1.29, 1.82) is 5.41 Å². The van der Waals surface area contributed by atoms with Gasteiger partial charge in [0.25, 0.3) is 11.8 Å². The van der Waals surface area contributed by atoms with Crippen LogP contribution in [0.25, 0.3) is 11.1 Å². The average molecular weight is 859 g/mol. The second-order valence-corrected chi connectivity index (χ2v) is 17.0. The van der Waals surface area contributed by atoms with Crippen LogP contribution in [0.4, 0.5) is 4.79 Å². The lowest BCUT2D eigenvalue weighted by Crippen LogP contribution is -2.71. The highest BCUT2D eigenvalue weighted by molar-refractivity contribution is 8.00. The number of aliphatic imine (C=N–C) groups is 1. The largest absolute Gasteiger partial charge is 0.497 e. The number of methoxy groups -OCH3 is 1. The lowest BCUT2D eigenvalue weighted by molar-refractivity contribution is -0.689. The number of carbonyl (C=O) groups is 6. The molecule has 2 aliphatic heterocycles. The zero-order chi connectivity index (χ0) is 44.8. The molecule has 0 bridgehead atoms. The number of carbonyl (C=O) groups excluding carboxylic acids is 6. The normalized spacial score (nSPS) is 16.4. The van der Waals surface area contributed by atoms with Crippen molar-refractivity contribution in [3.05, 3.63) is 83.1 Å². The zero-order valence-electron chi connectivity index (χ0n) is 35.3. The standard InChI is InChI=1S/C42H47N7O11S/c1-24-29(20-48(33(24)36(52)44-23-43)40(55)60-42(5,6)7)26-14-16-47(17-15-26)19-27-22-61-38-32(45-35(51)30(46-57-9)18-31(50)59-41(2,3)4)37(53)49(38)34(27)39(54)58-21-25-10-12-28(56-8)13-11-25/h10-17,20,32,38,43H,18-19,21-22H2,1-9H3/p+1/b46-30-. The van der Waals surface area contributed by atoms with Crippen molar-refractivity contribution in [2.75, 3.05) is 20.0 Å². The second kappa shape index (κ2) is 18.8. The van der Waals surface area contributed by atoms with Gasteiger partial charge in [0.2, 0.25) is 0 Å². The first-order valence-electron chi connectivity index (χ1n) is 19.0. The molecule has 2 aliphatic rings. The van der Waals surface area contributed by atoms with E-state index in [1.165, 1.54) is 37.1 Å². The second-order valence-electron chi connectivity index (χ2n) is 15.9. The molecular weight excluding hydrogens is 811 g/mol. The molecule has 2 atom stereocenters. The summed E-state index contributed by atoms with van der Waals surface area (Å²) < 4.78 is 24.7. The highest BCUT2D eigenvalue weighted by Crippen LogP contribution is 2.41. The Morgan fingerprint density at radius 1 is 0.984 bits per heavy atom. The minimum absolute atomic E-state index is 0.0315. The zero-order valence-corrected chi connectivity index (χ0v) is 36.1. The first-order valence-corrected chi connectivity index (χ1v) is 20.0. The molecule has 0 radical (unpaired) electrons. The van der Waals surface area contributed by atoms with Gasteiger partial charge >= 0.3 is 23.9 Å². The van der Waals surface area contributed by atoms with Gasteiger partial charge in [0.1, 0.15) is 53.5 Å². The fourth-order valence-corrected chi connectivity index (χ4v) is 7.75. The molecule has 4 heterocycles. The predicted molar refractivity (Wildman–Crippen MR) is 221 cm³/mol. The fourth-order valence-electron chi connectivity index (χ4n) is 6.41. The number of thioether (sulfide) groups is 1. The van der Waals surface area contributed by atoms with Gasteiger partial charge in [0, 0.05) is 35.2 Å². The number of pyridine rings is 1. The van der Waals surface area contributed by atoms with Crippen LogP contribution in [0.3, 0.4) is 0 Å². The number of hydrogen-bond acceptors (Lipinski definition) is 14. The van der Waals surface area contributed by atoms with Crippen LogP contribution in [0.15, 0.2) is 76.4 Å². The molecule has 61 heavy (non-hydrogen) atoms. The minimum Gasteiger partial charge on any atom is -0.497 e. The Morgan fingerprint density at radius 2 is 1.64 bits per heavy atom. The van der Waals surface area contributed by atoms with Crippen LogP contribution in [0.2, 0.25) is 0 Å². The third kappa shape index (κ3) is 11.0. The van der Waals surface area contributed by atoms with Crippen molar-refractivity contribution in [2.45, 2.75) is 90.7 Å². The van der Waals surface area contributed by atoms with Gasteiger partial charge in [0.05, 0.1) is 19.5 Å². The summed E-state index contributed by atoms with van der Waals surface area (Å²) in [4.78, 5) is 89.2. The van der Waals surface area contributed by atoms with Crippen LogP contribution in [-0.2, 0) is 51.4 Å². The number of hydrogen-bond donors (Lipinski definition) is 2.